The number of amides is 1. The van der Waals surface area contributed by atoms with Crippen LogP contribution in [0.1, 0.15) is 34.6 Å². The van der Waals surface area contributed by atoms with Gasteiger partial charge in [-0.3, -0.25) is 9.48 Å². The summed E-state index contributed by atoms with van der Waals surface area (Å²) in [6.45, 7) is 3.72. The van der Waals surface area contributed by atoms with Gasteiger partial charge in [-0.1, -0.05) is 29.3 Å². The van der Waals surface area contributed by atoms with E-state index in [1.165, 1.54) is 0 Å². The van der Waals surface area contributed by atoms with E-state index in [0.29, 0.717) is 15.6 Å². The second-order valence-electron chi connectivity index (χ2n) is 4.63. The van der Waals surface area contributed by atoms with Gasteiger partial charge in [0.15, 0.2) is 0 Å². The quantitative estimate of drug-likeness (QED) is 0.942. The first-order valence-electron chi connectivity index (χ1n) is 6.14. The van der Waals surface area contributed by atoms with Crippen molar-refractivity contribution in [3.8, 4) is 0 Å². The molecular weight excluding hydrogens is 297 g/mol. The van der Waals surface area contributed by atoms with Gasteiger partial charge in [0, 0.05) is 22.8 Å². The van der Waals surface area contributed by atoms with Crippen molar-refractivity contribution in [2.75, 3.05) is 0 Å². The van der Waals surface area contributed by atoms with Gasteiger partial charge in [-0.15, -0.1) is 0 Å². The third kappa shape index (κ3) is 2.97. The number of hydrogen-bond donors (Lipinski definition) is 1. The maximum absolute atomic E-state index is 12.2. The lowest BCUT2D eigenvalue weighted by Gasteiger charge is -2.15. The molecule has 0 saturated heterocycles. The smallest absolute Gasteiger partial charge is 0.255 e. The molecule has 1 N–H and O–H groups in total. The van der Waals surface area contributed by atoms with Gasteiger partial charge in [0.1, 0.15) is 0 Å². The summed E-state index contributed by atoms with van der Waals surface area (Å²) in [5.74, 6) is -0.172. The summed E-state index contributed by atoms with van der Waals surface area (Å²) < 4.78 is 1.66. The van der Waals surface area contributed by atoms with Crippen LogP contribution in [0.2, 0.25) is 10.0 Å². The topological polar surface area (TPSA) is 46.9 Å². The molecule has 1 aromatic carbocycles. The first-order valence-corrected chi connectivity index (χ1v) is 6.90. The Morgan fingerprint density at radius 1 is 1.40 bits per heavy atom. The number of carbonyl (C=O) groups is 1. The van der Waals surface area contributed by atoms with Crippen LogP contribution in [-0.2, 0) is 7.05 Å². The molecule has 4 nitrogen and oxygen atoms in total. The Kier molecular flexibility index (Phi) is 4.35. The van der Waals surface area contributed by atoms with Gasteiger partial charge in [-0.2, -0.15) is 5.10 Å². The van der Waals surface area contributed by atoms with E-state index in [4.69, 9.17) is 23.2 Å². The molecule has 0 radical (unpaired) electrons. The van der Waals surface area contributed by atoms with Crippen molar-refractivity contribution in [1.29, 1.82) is 0 Å². The maximum atomic E-state index is 12.2. The Balaban J connectivity index is 2.17. The van der Waals surface area contributed by atoms with Crippen LogP contribution in [0.25, 0.3) is 0 Å². The van der Waals surface area contributed by atoms with Crippen LogP contribution in [-0.4, -0.2) is 15.7 Å². The molecule has 0 spiro atoms. The summed E-state index contributed by atoms with van der Waals surface area (Å²) in [5, 5.41) is 8.07. The maximum Gasteiger partial charge on any atom is 0.255 e. The summed E-state index contributed by atoms with van der Waals surface area (Å²) >= 11 is 12.0. The predicted octanol–water partition coefficient (Wildman–Crippen LogP) is 3.53. The lowest BCUT2D eigenvalue weighted by molar-refractivity contribution is 0.0939. The highest BCUT2D eigenvalue weighted by Gasteiger charge is 2.17. The van der Waals surface area contributed by atoms with Gasteiger partial charge >= 0.3 is 0 Å². The molecule has 20 heavy (non-hydrogen) atoms. The molecule has 1 amide bonds. The van der Waals surface area contributed by atoms with E-state index in [0.717, 1.165) is 11.3 Å². The molecule has 1 heterocycles. The van der Waals surface area contributed by atoms with E-state index >= 15 is 0 Å². The summed E-state index contributed by atoms with van der Waals surface area (Å²) in [5.41, 5.74) is 2.20. The van der Waals surface area contributed by atoms with Crippen molar-refractivity contribution in [3.05, 3.63) is 51.3 Å². The number of benzene rings is 1. The van der Waals surface area contributed by atoms with Gasteiger partial charge < -0.3 is 5.32 Å². The van der Waals surface area contributed by atoms with Gasteiger partial charge in [-0.25, -0.2) is 0 Å². The number of carbonyl (C=O) groups excluding carboxylic acids is 1. The van der Waals surface area contributed by atoms with Crippen LogP contribution >= 0.6 is 23.2 Å². The third-order valence-electron chi connectivity index (χ3n) is 3.26. The normalized spacial score (nSPS) is 12.2. The fourth-order valence-electron chi connectivity index (χ4n) is 1.93. The Morgan fingerprint density at radius 2 is 2.10 bits per heavy atom. The van der Waals surface area contributed by atoms with Crippen LogP contribution in [0.5, 0.6) is 0 Å². The molecule has 106 valence electrons. The zero-order valence-electron chi connectivity index (χ0n) is 11.4. The number of aryl methyl sites for hydroxylation is 1. The average molecular weight is 312 g/mol. The lowest BCUT2D eigenvalue weighted by Crippen LogP contribution is -2.27. The molecule has 0 bridgehead atoms. The monoisotopic (exact) mass is 311 g/mol. The third-order valence-corrected chi connectivity index (χ3v) is 3.82. The van der Waals surface area contributed by atoms with Crippen LogP contribution < -0.4 is 5.32 Å². The molecule has 6 heteroatoms. The fourth-order valence-corrected chi connectivity index (χ4v) is 2.50. The van der Waals surface area contributed by atoms with Gasteiger partial charge in [0.05, 0.1) is 17.8 Å². The minimum absolute atomic E-state index is 0.172. The summed E-state index contributed by atoms with van der Waals surface area (Å²) in [7, 11) is 1.80. The molecule has 0 aliphatic rings. The zero-order valence-corrected chi connectivity index (χ0v) is 13.0. The minimum Gasteiger partial charge on any atom is -0.345 e. The Hall–Kier alpha value is -1.52. The molecule has 0 aliphatic carbocycles. The highest BCUT2D eigenvalue weighted by atomic mass is 35.5. The van der Waals surface area contributed by atoms with E-state index < -0.39 is 0 Å². The minimum atomic E-state index is -0.216. The van der Waals surface area contributed by atoms with E-state index in [1.54, 1.807) is 30.1 Å². The van der Waals surface area contributed by atoms with Gasteiger partial charge in [0.2, 0.25) is 0 Å². The SMILES string of the molecule is Cc1c(C(=O)NC(C)c2ccc(Cl)cc2Cl)cnn1C. The largest absolute Gasteiger partial charge is 0.345 e. The number of halogens is 2. The molecular formula is C14H15Cl2N3O. The Labute approximate surface area is 127 Å². The molecule has 0 aliphatic heterocycles. The average Bonchev–Trinajstić information content (AvgIpc) is 2.69. The van der Waals surface area contributed by atoms with E-state index in [1.807, 2.05) is 19.9 Å². The number of nitrogens with zero attached hydrogens (tertiary/aromatic N) is 2. The second kappa shape index (κ2) is 5.85. The number of rotatable bonds is 3. The molecule has 1 unspecified atom stereocenters. The van der Waals surface area contributed by atoms with Crippen molar-refractivity contribution in [3.63, 3.8) is 0 Å². The number of aromatic nitrogens is 2. The molecule has 0 saturated carbocycles. The van der Waals surface area contributed by atoms with Crippen molar-refractivity contribution < 1.29 is 4.79 Å². The van der Waals surface area contributed by atoms with Crippen LogP contribution in [0, 0.1) is 6.92 Å². The van der Waals surface area contributed by atoms with Crippen LogP contribution in [0.4, 0.5) is 0 Å². The highest BCUT2D eigenvalue weighted by molar-refractivity contribution is 6.35. The molecule has 1 aromatic heterocycles. The Morgan fingerprint density at radius 3 is 2.65 bits per heavy atom. The van der Waals surface area contributed by atoms with Crippen LogP contribution in [0.15, 0.2) is 24.4 Å². The van der Waals surface area contributed by atoms with Crippen molar-refractivity contribution >= 4 is 29.1 Å². The van der Waals surface area contributed by atoms with Crippen molar-refractivity contribution in [2.24, 2.45) is 7.05 Å². The number of nitrogens with one attached hydrogen (secondary N) is 1. The standard InChI is InChI=1S/C14H15Cl2N3O/c1-8(11-5-4-10(15)6-13(11)16)18-14(20)12-7-17-19(3)9(12)2/h4-8H,1-3H3,(H,18,20). The fraction of sp³-hybridized carbons (Fsp3) is 0.286. The van der Waals surface area contributed by atoms with Crippen molar-refractivity contribution in [1.82, 2.24) is 15.1 Å². The van der Waals surface area contributed by atoms with E-state index in [9.17, 15) is 4.79 Å². The number of hydrogen-bond acceptors (Lipinski definition) is 2. The highest BCUT2D eigenvalue weighted by Crippen LogP contribution is 2.26. The molecule has 0 fully saturated rings. The predicted molar refractivity (Wildman–Crippen MR) is 80.3 cm³/mol. The molecule has 2 aromatic rings. The first kappa shape index (κ1) is 14.9. The summed E-state index contributed by atoms with van der Waals surface area (Å²) in [6, 6.07) is 5.01. The molecule has 2 rings (SSSR count). The van der Waals surface area contributed by atoms with E-state index in [2.05, 4.69) is 10.4 Å². The van der Waals surface area contributed by atoms with E-state index in [-0.39, 0.29) is 11.9 Å². The molecule has 1 atom stereocenters. The summed E-state index contributed by atoms with van der Waals surface area (Å²) in [6.07, 6.45) is 1.56. The second-order valence-corrected chi connectivity index (χ2v) is 5.47. The van der Waals surface area contributed by atoms with Gasteiger partial charge in [0.25, 0.3) is 5.91 Å². The Bertz CT molecular complexity index is 652. The first-order chi connectivity index (χ1) is 9.40. The zero-order chi connectivity index (χ0) is 14.9. The van der Waals surface area contributed by atoms with Crippen molar-refractivity contribution in [2.45, 2.75) is 19.9 Å². The lowest BCUT2D eigenvalue weighted by atomic mass is 10.1. The summed E-state index contributed by atoms with van der Waals surface area (Å²) in [4.78, 5) is 12.2. The van der Waals surface area contributed by atoms with Gasteiger partial charge in [-0.05, 0) is 31.5 Å². The van der Waals surface area contributed by atoms with Crippen LogP contribution in [0.3, 0.4) is 0 Å².